The zero-order valence-corrected chi connectivity index (χ0v) is 11.9. The summed E-state index contributed by atoms with van der Waals surface area (Å²) in [5, 5.41) is 0. The number of rotatable bonds is 6. The number of nitrogens with two attached hydrogens (primary N) is 1. The van der Waals surface area contributed by atoms with E-state index in [-0.39, 0.29) is 5.54 Å². The summed E-state index contributed by atoms with van der Waals surface area (Å²) in [6, 6.07) is 0. The molecule has 0 amide bonds. The molecule has 0 aromatic heterocycles. The molecule has 0 spiro atoms. The Morgan fingerprint density at radius 1 is 1.35 bits per heavy atom. The third kappa shape index (κ3) is 3.40. The van der Waals surface area contributed by atoms with Crippen LogP contribution in [0.5, 0.6) is 0 Å². The maximum absolute atomic E-state index is 12.1. The van der Waals surface area contributed by atoms with Crippen molar-refractivity contribution >= 4 is 10.2 Å². The second-order valence-corrected chi connectivity index (χ2v) is 7.14. The smallest absolute Gasteiger partial charge is 0.279 e. The minimum atomic E-state index is -3.41. The monoisotopic (exact) mass is 263 g/mol. The summed E-state index contributed by atoms with van der Waals surface area (Å²) in [5.41, 5.74) is 5.42. The fourth-order valence-electron chi connectivity index (χ4n) is 2.30. The SMILES string of the molecule is CC(C)CNS(=O)(=O)N(C)C1(CN)CCCC1. The van der Waals surface area contributed by atoms with Crippen molar-refractivity contribution in [1.82, 2.24) is 9.03 Å². The van der Waals surface area contributed by atoms with Gasteiger partial charge in [0.05, 0.1) is 0 Å². The Morgan fingerprint density at radius 2 is 1.88 bits per heavy atom. The number of hydrogen-bond acceptors (Lipinski definition) is 3. The van der Waals surface area contributed by atoms with Gasteiger partial charge in [0.2, 0.25) is 0 Å². The molecule has 0 radical (unpaired) electrons. The molecule has 0 aromatic rings. The van der Waals surface area contributed by atoms with Gasteiger partial charge >= 0.3 is 0 Å². The summed E-state index contributed by atoms with van der Waals surface area (Å²) in [4.78, 5) is 0. The first-order chi connectivity index (χ1) is 7.84. The van der Waals surface area contributed by atoms with Crippen LogP contribution < -0.4 is 10.5 Å². The van der Waals surface area contributed by atoms with Crippen LogP contribution >= 0.6 is 0 Å². The molecule has 6 heteroatoms. The van der Waals surface area contributed by atoms with E-state index in [0.717, 1.165) is 25.7 Å². The molecule has 1 fully saturated rings. The van der Waals surface area contributed by atoms with Gasteiger partial charge in [-0.25, -0.2) is 4.72 Å². The van der Waals surface area contributed by atoms with Crippen molar-refractivity contribution < 1.29 is 8.42 Å². The van der Waals surface area contributed by atoms with Gasteiger partial charge in [-0.2, -0.15) is 12.7 Å². The van der Waals surface area contributed by atoms with Gasteiger partial charge in [0.1, 0.15) is 0 Å². The van der Waals surface area contributed by atoms with Gasteiger partial charge in [-0.1, -0.05) is 26.7 Å². The molecule has 1 rings (SSSR count). The Balaban J connectivity index is 2.76. The van der Waals surface area contributed by atoms with Gasteiger partial charge in [0.25, 0.3) is 10.2 Å². The van der Waals surface area contributed by atoms with Gasteiger partial charge in [-0.15, -0.1) is 0 Å². The predicted molar refractivity (Wildman–Crippen MR) is 69.8 cm³/mol. The Morgan fingerprint density at radius 3 is 2.29 bits per heavy atom. The van der Waals surface area contributed by atoms with Crippen molar-refractivity contribution in [3.05, 3.63) is 0 Å². The summed E-state index contributed by atoms with van der Waals surface area (Å²) in [6.07, 6.45) is 3.84. The lowest BCUT2D eigenvalue weighted by Gasteiger charge is -2.36. The van der Waals surface area contributed by atoms with E-state index in [4.69, 9.17) is 5.73 Å². The Kier molecular flexibility index (Phi) is 4.95. The molecule has 0 aromatic carbocycles. The lowest BCUT2D eigenvalue weighted by atomic mass is 9.98. The Labute approximate surface area is 105 Å². The standard InChI is InChI=1S/C11H25N3O2S/c1-10(2)8-13-17(15,16)14(3)11(9-12)6-4-5-7-11/h10,13H,4-9,12H2,1-3H3. The van der Waals surface area contributed by atoms with E-state index in [9.17, 15) is 8.42 Å². The van der Waals surface area contributed by atoms with E-state index in [0.29, 0.717) is 19.0 Å². The molecule has 0 aliphatic heterocycles. The van der Waals surface area contributed by atoms with E-state index in [2.05, 4.69) is 4.72 Å². The van der Waals surface area contributed by atoms with E-state index < -0.39 is 10.2 Å². The fourth-order valence-corrected chi connectivity index (χ4v) is 3.81. The molecule has 0 heterocycles. The normalized spacial score (nSPS) is 20.4. The van der Waals surface area contributed by atoms with Crippen LogP contribution in [0.3, 0.4) is 0 Å². The summed E-state index contributed by atoms with van der Waals surface area (Å²) in [7, 11) is -1.77. The molecule has 0 atom stereocenters. The van der Waals surface area contributed by atoms with Crippen LogP contribution in [-0.4, -0.2) is 38.4 Å². The van der Waals surface area contributed by atoms with Crippen LogP contribution in [0.2, 0.25) is 0 Å². The first-order valence-corrected chi connectivity index (χ1v) is 7.72. The zero-order valence-electron chi connectivity index (χ0n) is 11.1. The van der Waals surface area contributed by atoms with Crippen LogP contribution in [0, 0.1) is 5.92 Å². The quantitative estimate of drug-likeness (QED) is 0.740. The maximum Gasteiger partial charge on any atom is 0.279 e. The first-order valence-electron chi connectivity index (χ1n) is 6.28. The van der Waals surface area contributed by atoms with Crippen molar-refractivity contribution in [3.8, 4) is 0 Å². The molecule has 102 valence electrons. The highest BCUT2D eigenvalue weighted by atomic mass is 32.2. The maximum atomic E-state index is 12.1. The van der Waals surface area contributed by atoms with Gasteiger partial charge in [0, 0.05) is 25.7 Å². The summed E-state index contributed by atoms with van der Waals surface area (Å²) >= 11 is 0. The minimum absolute atomic E-state index is 0.301. The highest BCUT2D eigenvalue weighted by molar-refractivity contribution is 7.87. The average molecular weight is 263 g/mol. The van der Waals surface area contributed by atoms with Crippen molar-refractivity contribution in [1.29, 1.82) is 0 Å². The molecule has 1 aliphatic rings. The van der Waals surface area contributed by atoms with Crippen LogP contribution in [0.15, 0.2) is 0 Å². The van der Waals surface area contributed by atoms with E-state index in [1.165, 1.54) is 4.31 Å². The number of likely N-dealkylation sites (N-methyl/N-ethyl adjacent to an activating group) is 1. The van der Waals surface area contributed by atoms with E-state index in [1.807, 2.05) is 13.8 Å². The number of nitrogens with one attached hydrogen (secondary N) is 1. The topological polar surface area (TPSA) is 75.4 Å². The molecule has 3 N–H and O–H groups in total. The van der Waals surface area contributed by atoms with Crippen molar-refractivity contribution in [2.45, 2.75) is 45.1 Å². The second kappa shape index (κ2) is 5.65. The predicted octanol–water partition coefficient (Wildman–Crippen LogP) is 0.680. The lowest BCUT2D eigenvalue weighted by molar-refractivity contribution is 0.227. The minimum Gasteiger partial charge on any atom is -0.329 e. The van der Waals surface area contributed by atoms with Crippen molar-refractivity contribution in [2.75, 3.05) is 20.1 Å². The van der Waals surface area contributed by atoms with E-state index in [1.54, 1.807) is 7.05 Å². The van der Waals surface area contributed by atoms with Crippen LogP contribution in [0.1, 0.15) is 39.5 Å². The summed E-state index contributed by atoms with van der Waals surface area (Å²) in [5.74, 6) is 0.301. The molecular formula is C11H25N3O2S. The van der Waals surface area contributed by atoms with Crippen LogP contribution in [0.4, 0.5) is 0 Å². The molecule has 0 bridgehead atoms. The highest BCUT2D eigenvalue weighted by Crippen LogP contribution is 2.34. The number of hydrogen-bond donors (Lipinski definition) is 2. The summed E-state index contributed by atoms with van der Waals surface area (Å²) in [6.45, 7) is 4.83. The third-order valence-electron chi connectivity index (χ3n) is 3.62. The van der Waals surface area contributed by atoms with Gasteiger partial charge in [-0.05, 0) is 18.8 Å². The van der Waals surface area contributed by atoms with Gasteiger partial charge in [-0.3, -0.25) is 0 Å². The molecular weight excluding hydrogens is 238 g/mol. The molecule has 0 unspecified atom stereocenters. The zero-order chi connectivity index (χ0) is 13.1. The first kappa shape index (κ1) is 14.9. The molecule has 1 aliphatic carbocycles. The van der Waals surface area contributed by atoms with E-state index >= 15 is 0 Å². The summed E-state index contributed by atoms with van der Waals surface area (Å²) < 4.78 is 28.4. The Hall–Kier alpha value is -0.170. The average Bonchev–Trinajstić information content (AvgIpc) is 2.75. The van der Waals surface area contributed by atoms with Crippen molar-refractivity contribution in [2.24, 2.45) is 11.7 Å². The molecule has 5 nitrogen and oxygen atoms in total. The lowest BCUT2D eigenvalue weighted by Crippen LogP contribution is -2.56. The number of nitrogens with zero attached hydrogens (tertiary/aromatic N) is 1. The van der Waals surface area contributed by atoms with Crippen LogP contribution in [-0.2, 0) is 10.2 Å². The van der Waals surface area contributed by atoms with Gasteiger partial charge < -0.3 is 5.73 Å². The molecule has 1 saturated carbocycles. The van der Waals surface area contributed by atoms with Crippen molar-refractivity contribution in [3.63, 3.8) is 0 Å². The largest absolute Gasteiger partial charge is 0.329 e. The Bertz CT molecular complexity index is 335. The second-order valence-electron chi connectivity index (χ2n) is 5.35. The van der Waals surface area contributed by atoms with Gasteiger partial charge in [0.15, 0.2) is 0 Å². The molecule has 17 heavy (non-hydrogen) atoms. The van der Waals surface area contributed by atoms with Crippen LogP contribution in [0.25, 0.3) is 0 Å². The third-order valence-corrected chi connectivity index (χ3v) is 5.26. The highest BCUT2D eigenvalue weighted by Gasteiger charge is 2.42. The fraction of sp³-hybridized carbons (Fsp3) is 1.00. The molecule has 0 saturated heterocycles.